The van der Waals surface area contributed by atoms with Crippen LogP contribution in [0.5, 0.6) is 5.88 Å². The zero-order valence-corrected chi connectivity index (χ0v) is 22.3. The van der Waals surface area contributed by atoms with E-state index in [9.17, 15) is 22.4 Å². The van der Waals surface area contributed by atoms with Crippen LogP contribution in [-0.4, -0.2) is 53.5 Å². The maximum absolute atomic E-state index is 14.4. The second-order valence-electron chi connectivity index (χ2n) is 9.02. The number of hydrogen-bond acceptors (Lipinski definition) is 5. The second kappa shape index (κ2) is 13.7. The number of alkyl halides is 3. The molecule has 4 rings (SSSR count). The highest BCUT2D eigenvalue weighted by molar-refractivity contribution is 6.00. The summed E-state index contributed by atoms with van der Waals surface area (Å²) in [6.07, 6.45) is -1.10. The molecule has 41 heavy (non-hydrogen) atoms. The van der Waals surface area contributed by atoms with E-state index in [0.717, 1.165) is 0 Å². The molecule has 0 spiro atoms. The van der Waals surface area contributed by atoms with Gasteiger partial charge in [0.15, 0.2) is 0 Å². The summed E-state index contributed by atoms with van der Waals surface area (Å²) in [6, 6.07) is 16.2. The SMILES string of the molecule is CCNC(=O)C=CCNCCOc1ccc(/C(=C(/CC(F)(F)F)c2ccccc2)c2ccc3n[nH]c(F)c3c2)cn1. The number of fused-ring (bicyclic) bond motifs is 1. The number of nitrogens with zero attached hydrogens (tertiary/aromatic N) is 2. The lowest BCUT2D eigenvalue weighted by Gasteiger charge is -2.19. The number of allylic oxidation sites excluding steroid dienone is 1. The number of carbonyl (C=O) groups is 1. The molecule has 0 saturated heterocycles. The van der Waals surface area contributed by atoms with Gasteiger partial charge >= 0.3 is 6.18 Å². The van der Waals surface area contributed by atoms with Crippen molar-refractivity contribution >= 4 is 28.0 Å². The third kappa shape index (κ3) is 8.24. The van der Waals surface area contributed by atoms with E-state index >= 15 is 0 Å². The maximum Gasteiger partial charge on any atom is 0.393 e. The number of likely N-dealkylation sites (N-methyl/N-ethyl adjacent to an activating group) is 1. The number of H-pyrrole nitrogens is 1. The number of nitrogens with one attached hydrogen (secondary N) is 3. The van der Waals surface area contributed by atoms with E-state index in [-0.39, 0.29) is 29.0 Å². The van der Waals surface area contributed by atoms with Crippen LogP contribution in [-0.2, 0) is 4.79 Å². The van der Waals surface area contributed by atoms with Crippen LogP contribution in [0.4, 0.5) is 17.6 Å². The highest BCUT2D eigenvalue weighted by Crippen LogP contribution is 2.40. The van der Waals surface area contributed by atoms with Crippen molar-refractivity contribution < 1.29 is 27.1 Å². The van der Waals surface area contributed by atoms with Crippen molar-refractivity contribution in [1.82, 2.24) is 25.8 Å². The van der Waals surface area contributed by atoms with Crippen LogP contribution in [0.25, 0.3) is 22.0 Å². The van der Waals surface area contributed by atoms with E-state index in [1.165, 1.54) is 18.3 Å². The normalized spacial score (nSPS) is 12.5. The van der Waals surface area contributed by atoms with Crippen molar-refractivity contribution in [3.63, 3.8) is 0 Å². The maximum atomic E-state index is 14.4. The Bertz CT molecular complexity index is 1510. The highest BCUT2D eigenvalue weighted by Gasteiger charge is 2.31. The van der Waals surface area contributed by atoms with Crippen molar-refractivity contribution in [2.45, 2.75) is 19.5 Å². The minimum Gasteiger partial charge on any atom is -0.476 e. The largest absolute Gasteiger partial charge is 0.476 e. The summed E-state index contributed by atoms with van der Waals surface area (Å²) in [5.41, 5.74) is 1.86. The molecule has 0 unspecified atom stereocenters. The lowest BCUT2D eigenvalue weighted by molar-refractivity contribution is -0.123. The van der Waals surface area contributed by atoms with Gasteiger partial charge in [0.05, 0.1) is 17.3 Å². The minimum atomic E-state index is -4.50. The monoisotopic (exact) mass is 567 g/mol. The molecule has 2 aromatic heterocycles. The molecule has 0 aliphatic heterocycles. The number of benzene rings is 2. The van der Waals surface area contributed by atoms with E-state index in [2.05, 4.69) is 25.8 Å². The molecule has 0 saturated carbocycles. The van der Waals surface area contributed by atoms with Crippen LogP contribution in [0.2, 0.25) is 0 Å². The van der Waals surface area contributed by atoms with Gasteiger partial charge < -0.3 is 15.4 Å². The fourth-order valence-corrected chi connectivity index (χ4v) is 4.25. The van der Waals surface area contributed by atoms with E-state index in [1.807, 2.05) is 6.92 Å². The predicted molar refractivity (Wildman–Crippen MR) is 150 cm³/mol. The predicted octanol–water partition coefficient (Wildman–Crippen LogP) is 5.67. The number of aromatic amines is 1. The minimum absolute atomic E-state index is 0.0293. The van der Waals surface area contributed by atoms with Crippen LogP contribution in [0.15, 0.2) is 79.0 Å². The molecule has 0 aliphatic carbocycles. The molecule has 0 bridgehead atoms. The van der Waals surface area contributed by atoms with Crippen LogP contribution in [0, 0.1) is 5.95 Å². The average molecular weight is 568 g/mol. The number of hydrogen-bond donors (Lipinski definition) is 3. The summed E-state index contributed by atoms with van der Waals surface area (Å²) in [4.78, 5) is 15.7. The van der Waals surface area contributed by atoms with Gasteiger partial charge in [0.2, 0.25) is 17.7 Å². The van der Waals surface area contributed by atoms with Crippen molar-refractivity contribution in [2.24, 2.45) is 0 Å². The molecule has 0 aliphatic rings. The molecule has 7 nitrogen and oxygen atoms in total. The lowest BCUT2D eigenvalue weighted by Crippen LogP contribution is -2.23. The van der Waals surface area contributed by atoms with Gasteiger partial charge in [0, 0.05) is 43.5 Å². The van der Waals surface area contributed by atoms with Crippen molar-refractivity contribution in [2.75, 3.05) is 26.2 Å². The number of halogens is 4. The Balaban J connectivity index is 1.60. The van der Waals surface area contributed by atoms with Gasteiger partial charge in [0.1, 0.15) is 6.61 Å². The van der Waals surface area contributed by atoms with Gasteiger partial charge in [-0.05, 0) is 47.4 Å². The van der Waals surface area contributed by atoms with Gasteiger partial charge in [-0.25, -0.2) is 4.98 Å². The summed E-state index contributed by atoms with van der Waals surface area (Å²) in [6.45, 7) is 3.63. The van der Waals surface area contributed by atoms with E-state index < -0.39 is 18.5 Å². The molecular formula is C30H29F4N5O2. The summed E-state index contributed by atoms with van der Waals surface area (Å²) >= 11 is 0. The average Bonchev–Trinajstić information content (AvgIpc) is 3.33. The molecule has 11 heteroatoms. The van der Waals surface area contributed by atoms with Gasteiger partial charge in [-0.3, -0.25) is 9.89 Å². The topological polar surface area (TPSA) is 91.9 Å². The lowest BCUT2D eigenvalue weighted by atomic mass is 9.88. The Morgan fingerprint density at radius 3 is 2.54 bits per heavy atom. The van der Waals surface area contributed by atoms with Crippen LogP contribution >= 0.6 is 0 Å². The van der Waals surface area contributed by atoms with Gasteiger partial charge in [-0.2, -0.15) is 22.7 Å². The Kier molecular flexibility index (Phi) is 9.86. The number of aromatic nitrogens is 3. The van der Waals surface area contributed by atoms with Crippen LogP contribution in [0.1, 0.15) is 30.0 Å². The van der Waals surface area contributed by atoms with Gasteiger partial charge in [0.25, 0.3) is 0 Å². The highest BCUT2D eigenvalue weighted by atomic mass is 19.4. The molecule has 2 heterocycles. The number of pyridine rings is 1. The molecular weight excluding hydrogens is 538 g/mol. The number of amides is 1. The quantitative estimate of drug-likeness (QED) is 0.0889. The first-order valence-corrected chi connectivity index (χ1v) is 13.0. The summed E-state index contributed by atoms with van der Waals surface area (Å²) in [5.74, 6) is -0.543. The number of ether oxygens (including phenoxy) is 1. The summed E-state index contributed by atoms with van der Waals surface area (Å²) < 4.78 is 61.6. The van der Waals surface area contributed by atoms with E-state index in [4.69, 9.17) is 4.74 Å². The first kappa shape index (κ1) is 29.5. The zero-order valence-electron chi connectivity index (χ0n) is 22.3. The molecule has 2 aromatic carbocycles. The molecule has 3 N–H and O–H groups in total. The fraction of sp³-hybridized carbons (Fsp3) is 0.233. The third-order valence-corrected chi connectivity index (χ3v) is 6.03. The zero-order chi connectivity index (χ0) is 29.2. The Morgan fingerprint density at radius 2 is 1.83 bits per heavy atom. The standard InChI is InChI=1S/C30H29F4N5O2/c1-2-36-26(40)9-6-14-35-15-16-41-27-13-11-22(19-37-27)28(21-10-12-25-23(17-21)29(31)39-38-25)24(18-30(32,33)34)20-7-4-3-5-8-20/h3-13,17,19,35H,2,14-16,18H2,1H3,(H,36,40)(H,38,39)/b9-6?,28-24-. The molecule has 0 atom stereocenters. The van der Waals surface area contributed by atoms with Crippen LogP contribution < -0.4 is 15.4 Å². The molecule has 0 radical (unpaired) electrons. The molecule has 214 valence electrons. The molecule has 0 fully saturated rings. The Hall–Kier alpha value is -4.51. The fourth-order valence-electron chi connectivity index (χ4n) is 4.25. The first-order valence-electron chi connectivity index (χ1n) is 13.0. The Morgan fingerprint density at radius 1 is 1.05 bits per heavy atom. The third-order valence-electron chi connectivity index (χ3n) is 6.03. The van der Waals surface area contributed by atoms with Gasteiger partial charge in [-0.15, -0.1) is 0 Å². The number of carbonyl (C=O) groups excluding carboxylic acids is 1. The summed E-state index contributed by atoms with van der Waals surface area (Å²) in [5, 5.41) is 12.1. The van der Waals surface area contributed by atoms with E-state index in [1.54, 1.807) is 60.7 Å². The van der Waals surface area contributed by atoms with Crippen LogP contribution in [0.3, 0.4) is 0 Å². The Labute approximate surface area is 234 Å². The van der Waals surface area contributed by atoms with Crippen molar-refractivity contribution in [3.8, 4) is 5.88 Å². The molecule has 1 amide bonds. The first-order chi connectivity index (χ1) is 19.7. The van der Waals surface area contributed by atoms with E-state index in [0.29, 0.717) is 47.7 Å². The summed E-state index contributed by atoms with van der Waals surface area (Å²) in [7, 11) is 0. The molecule has 4 aromatic rings. The van der Waals surface area contributed by atoms with Crippen molar-refractivity contribution in [1.29, 1.82) is 0 Å². The second-order valence-corrected chi connectivity index (χ2v) is 9.02. The van der Waals surface area contributed by atoms with Crippen molar-refractivity contribution in [3.05, 3.63) is 102 Å². The smallest absolute Gasteiger partial charge is 0.393 e. The number of rotatable bonds is 12. The van der Waals surface area contributed by atoms with Gasteiger partial charge in [-0.1, -0.05) is 42.5 Å².